The first kappa shape index (κ1) is 11.0. The van der Waals surface area contributed by atoms with Crippen molar-refractivity contribution in [2.45, 2.75) is 12.4 Å². The van der Waals surface area contributed by atoms with Crippen molar-refractivity contribution in [3.8, 4) is 0 Å². The molecule has 0 aliphatic carbocycles. The molecule has 0 aliphatic rings. The largest absolute Gasteiger partial charge is 0.383 e. The highest BCUT2D eigenvalue weighted by molar-refractivity contribution is 5.22. The van der Waals surface area contributed by atoms with E-state index in [1.54, 1.807) is 0 Å². The standard InChI is InChI=1S/C8H7F3O3/c9-4-2-6(11)5(10)1-3(4)7(12)8(13)14/h1-2,7-8,12-14H. The van der Waals surface area contributed by atoms with Gasteiger partial charge < -0.3 is 15.3 Å². The topological polar surface area (TPSA) is 60.7 Å². The highest BCUT2D eigenvalue weighted by Crippen LogP contribution is 2.21. The van der Waals surface area contributed by atoms with Crippen molar-refractivity contribution in [2.75, 3.05) is 0 Å². The van der Waals surface area contributed by atoms with Crippen molar-refractivity contribution >= 4 is 0 Å². The van der Waals surface area contributed by atoms with E-state index in [1.165, 1.54) is 0 Å². The van der Waals surface area contributed by atoms with Crippen LogP contribution in [0.2, 0.25) is 0 Å². The van der Waals surface area contributed by atoms with E-state index < -0.39 is 35.4 Å². The maximum Gasteiger partial charge on any atom is 0.182 e. The zero-order chi connectivity index (χ0) is 10.9. The molecule has 0 spiro atoms. The molecule has 1 unspecified atom stereocenters. The molecule has 1 atom stereocenters. The quantitative estimate of drug-likeness (QED) is 0.488. The van der Waals surface area contributed by atoms with Gasteiger partial charge >= 0.3 is 0 Å². The zero-order valence-electron chi connectivity index (χ0n) is 6.78. The van der Waals surface area contributed by atoms with Crippen molar-refractivity contribution < 1.29 is 28.5 Å². The van der Waals surface area contributed by atoms with Gasteiger partial charge in [-0.2, -0.15) is 0 Å². The molecule has 14 heavy (non-hydrogen) atoms. The lowest BCUT2D eigenvalue weighted by Crippen LogP contribution is -2.18. The summed E-state index contributed by atoms with van der Waals surface area (Å²) in [7, 11) is 0. The number of hydrogen-bond acceptors (Lipinski definition) is 3. The van der Waals surface area contributed by atoms with Gasteiger partial charge in [-0.25, -0.2) is 13.2 Å². The van der Waals surface area contributed by atoms with E-state index in [0.29, 0.717) is 6.07 Å². The Morgan fingerprint density at radius 2 is 1.36 bits per heavy atom. The van der Waals surface area contributed by atoms with Crippen LogP contribution in [0.25, 0.3) is 0 Å². The van der Waals surface area contributed by atoms with Crippen molar-refractivity contribution in [2.24, 2.45) is 0 Å². The number of aliphatic hydroxyl groups is 3. The minimum atomic E-state index is -2.26. The molecule has 0 aliphatic heterocycles. The Balaban J connectivity index is 3.15. The van der Waals surface area contributed by atoms with Crippen molar-refractivity contribution in [3.63, 3.8) is 0 Å². The van der Waals surface area contributed by atoms with E-state index in [4.69, 9.17) is 15.3 Å². The SMILES string of the molecule is OC(O)C(O)c1cc(F)c(F)cc1F. The summed E-state index contributed by atoms with van der Waals surface area (Å²) in [6.07, 6.45) is -4.26. The predicted octanol–water partition coefficient (Wildman–Crippen LogP) is 0.448. The van der Waals surface area contributed by atoms with Gasteiger partial charge in [0.1, 0.15) is 11.9 Å². The molecule has 78 valence electrons. The van der Waals surface area contributed by atoms with Gasteiger partial charge in [-0.05, 0) is 6.07 Å². The third-order valence-electron chi connectivity index (χ3n) is 1.64. The second-order valence-corrected chi connectivity index (χ2v) is 2.65. The number of aliphatic hydroxyl groups excluding tert-OH is 2. The Labute approximate surface area is 77.0 Å². The molecule has 0 heterocycles. The van der Waals surface area contributed by atoms with Crippen LogP contribution in [0.3, 0.4) is 0 Å². The maximum atomic E-state index is 12.9. The minimum Gasteiger partial charge on any atom is -0.383 e. The molecule has 0 amide bonds. The van der Waals surface area contributed by atoms with Crippen molar-refractivity contribution in [1.29, 1.82) is 0 Å². The summed E-state index contributed by atoms with van der Waals surface area (Å²) in [5, 5.41) is 25.9. The average Bonchev–Trinajstić information content (AvgIpc) is 2.10. The lowest BCUT2D eigenvalue weighted by molar-refractivity contribution is -0.124. The number of benzene rings is 1. The van der Waals surface area contributed by atoms with Crippen LogP contribution in [0.1, 0.15) is 11.7 Å². The van der Waals surface area contributed by atoms with E-state index in [2.05, 4.69) is 0 Å². The summed E-state index contributed by atoms with van der Waals surface area (Å²) in [6.45, 7) is 0. The van der Waals surface area contributed by atoms with E-state index in [-0.39, 0.29) is 6.07 Å². The fourth-order valence-electron chi connectivity index (χ4n) is 0.925. The smallest absolute Gasteiger partial charge is 0.182 e. The summed E-state index contributed by atoms with van der Waals surface area (Å²) in [5.41, 5.74) is -0.709. The molecule has 0 bridgehead atoms. The van der Waals surface area contributed by atoms with E-state index in [1.807, 2.05) is 0 Å². The molecule has 0 radical (unpaired) electrons. The second-order valence-electron chi connectivity index (χ2n) is 2.65. The molecule has 0 aromatic heterocycles. The molecule has 1 aromatic rings. The summed E-state index contributed by atoms with van der Waals surface area (Å²) in [6, 6.07) is 0.588. The number of hydrogen-bond donors (Lipinski definition) is 3. The van der Waals surface area contributed by atoms with Gasteiger partial charge in [-0.3, -0.25) is 0 Å². The third kappa shape index (κ3) is 2.03. The normalized spacial score (nSPS) is 13.4. The Bertz CT molecular complexity index is 341. The molecule has 0 fully saturated rings. The third-order valence-corrected chi connectivity index (χ3v) is 1.64. The number of halogens is 3. The number of rotatable bonds is 2. The maximum absolute atomic E-state index is 12.9. The Morgan fingerprint density at radius 3 is 1.86 bits per heavy atom. The van der Waals surface area contributed by atoms with Crippen LogP contribution < -0.4 is 0 Å². The first-order chi connectivity index (χ1) is 6.43. The molecular weight excluding hydrogens is 201 g/mol. The Hall–Kier alpha value is -1.11. The van der Waals surface area contributed by atoms with Crippen LogP contribution in [0.4, 0.5) is 13.2 Å². The van der Waals surface area contributed by atoms with Gasteiger partial charge in [-0.1, -0.05) is 0 Å². The van der Waals surface area contributed by atoms with E-state index in [9.17, 15) is 13.2 Å². The van der Waals surface area contributed by atoms with Crippen molar-refractivity contribution in [1.82, 2.24) is 0 Å². The molecule has 0 saturated heterocycles. The zero-order valence-corrected chi connectivity index (χ0v) is 6.78. The fraction of sp³-hybridized carbons (Fsp3) is 0.250. The second kappa shape index (κ2) is 3.95. The van der Waals surface area contributed by atoms with Crippen LogP contribution in [-0.4, -0.2) is 21.6 Å². The van der Waals surface area contributed by atoms with Crippen LogP contribution in [-0.2, 0) is 0 Å². The monoisotopic (exact) mass is 208 g/mol. The van der Waals surface area contributed by atoms with Crippen LogP contribution in [0.5, 0.6) is 0 Å². The average molecular weight is 208 g/mol. The molecular formula is C8H7F3O3. The molecule has 1 rings (SSSR count). The first-order valence-corrected chi connectivity index (χ1v) is 3.62. The summed E-state index contributed by atoms with van der Waals surface area (Å²) < 4.78 is 37.8. The minimum absolute atomic E-state index is 0.219. The summed E-state index contributed by atoms with van der Waals surface area (Å²) in [5.74, 6) is -4.03. The molecule has 6 heteroatoms. The Kier molecular flexibility index (Phi) is 3.10. The summed E-state index contributed by atoms with van der Waals surface area (Å²) in [4.78, 5) is 0. The van der Waals surface area contributed by atoms with E-state index >= 15 is 0 Å². The Morgan fingerprint density at radius 1 is 0.857 bits per heavy atom. The lowest BCUT2D eigenvalue weighted by atomic mass is 10.1. The molecule has 0 saturated carbocycles. The summed E-state index contributed by atoms with van der Waals surface area (Å²) >= 11 is 0. The van der Waals surface area contributed by atoms with Crippen LogP contribution in [0, 0.1) is 17.5 Å². The van der Waals surface area contributed by atoms with Crippen LogP contribution in [0.15, 0.2) is 12.1 Å². The van der Waals surface area contributed by atoms with Gasteiger partial charge in [0, 0.05) is 11.6 Å². The first-order valence-electron chi connectivity index (χ1n) is 3.62. The highest BCUT2D eigenvalue weighted by atomic mass is 19.2. The highest BCUT2D eigenvalue weighted by Gasteiger charge is 2.21. The molecule has 1 aromatic carbocycles. The van der Waals surface area contributed by atoms with Gasteiger partial charge in [0.05, 0.1) is 0 Å². The predicted molar refractivity (Wildman–Crippen MR) is 39.5 cm³/mol. The van der Waals surface area contributed by atoms with Gasteiger partial charge in [-0.15, -0.1) is 0 Å². The van der Waals surface area contributed by atoms with Crippen molar-refractivity contribution in [3.05, 3.63) is 35.1 Å². The molecule has 3 nitrogen and oxygen atoms in total. The van der Waals surface area contributed by atoms with E-state index in [0.717, 1.165) is 0 Å². The lowest BCUT2D eigenvalue weighted by Gasteiger charge is -2.13. The van der Waals surface area contributed by atoms with Crippen LogP contribution >= 0.6 is 0 Å². The van der Waals surface area contributed by atoms with Gasteiger partial charge in [0.25, 0.3) is 0 Å². The molecule has 3 N–H and O–H groups in total. The van der Waals surface area contributed by atoms with Gasteiger partial charge in [0.2, 0.25) is 0 Å². The van der Waals surface area contributed by atoms with Gasteiger partial charge in [0.15, 0.2) is 17.9 Å². The fourth-order valence-corrected chi connectivity index (χ4v) is 0.925.